The van der Waals surface area contributed by atoms with Gasteiger partial charge in [0.2, 0.25) is 0 Å². The second kappa shape index (κ2) is 4.38. The third-order valence-corrected chi connectivity index (χ3v) is 2.89. The Bertz CT molecular complexity index is 339. The first-order valence-corrected chi connectivity index (χ1v) is 5.29. The van der Waals surface area contributed by atoms with Gasteiger partial charge in [0.1, 0.15) is 17.9 Å². The van der Waals surface area contributed by atoms with Crippen LogP contribution in [-0.4, -0.2) is 28.8 Å². The Kier molecular flexibility index (Phi) is 2.94. The van der Waals surface area contributed by atoms with E-state index in [-0.39, 0.29) is 11.7 Å². The molecule has 80 valence electrons. The second-order valence-corrected chi connectivity index (χ2v) is 3.96. The Morgan fingerprint density at radius 2 is 2.47 bits per heavy atom. The molecule has 0 saturated carbocycles. The quantitative estimate of drug-likeness (QED) is 0.729. The van der Waals surface area contributed by atoms with Crippen LogP contribution >= 0.6 is 0 Å². The van der Waals surface area contributed by atoms with Gasteiger partial charge in [-0.3, -0.25) is 4.79 Å². The van der Waals surface area contributed by atoms with Crippen molar-refractivity contribution < 1.29 is 4.79 Å². The van der Waals surface area contributed by atoms with E-state index in [1.165, 1.54) is 0 Å². The summed E-state index contributed by atoms with van der Waals surface area (Å²) in [6.45, 7) is 3.46. The molecule has 0 N–H and O–H groups in total. The summed E-state index contributed by atoms with van der Waals surface area (Å²) in [5, 5.41) is 0. The van der Waals surface area contributed by atoms with Crippen LogP contribution in [0.2, 0.25) is 0 Å². The highest BCUT2D eigenvalue weighted by Crippen LogP contribution is 2.21. The minimum atomic E-state index is 0.175. The number of anilines is 1. The van der Waals surface area contributed by atoms with Gasteiger partial charge in [0.05, 0.1) is 0 Å². The minimum absolute atomic E-state index is 0.175. The van der Waals surface area contributed by atoms with Crippen LogP contribution in [0.1, 0.15) is 19.8 Å². The maximum Gasteiger partial charge on any atom is 0.134 e. The number of aromatic nitrogens is 2. The van der Waals surface area contributed by atoms with Crippen molar-refractivity contribution in [2.45, 2.75) is 19.8 Å². The smallest absolute Gasteiger partial charge is 0.134 e. The fourth-order valence-electron chi connectivity index (χ4n) is 1.99. The summed E-state index contributed by atoms with van der Waals surface area (Å²) in [4.78, 5) is 21.6. The molecular weight excluding hydrogens is 190 g/mol. The molecule has 0 aromatic carbocycles. The predicted octanol–water partition coefficient (Wildman–Crippen LogP) is 1.28. The first kappa shape index (κ1) is 10.1. The predicted molar refractivity (Wildman–Crippen MR) is 57.7 cm³/mol. The Hall–Kier alpha value is -1.45. The number of hydrogen-bond acceptors (Lipinski definition) is 4. The van der Waals surface area contributed by atoms with Gasteiger partial charge in [-0.05, 0) is 25.8 Å². The Morgan fingerprint density at radius 3 is 3.13 bits per heavy atom. The highest BCUT2D eigenvalue weighted by molar-refractivity contribution is 5.79. The minimum Gasteiger partial charge on any atom is -0.356 e. The van der Waals surface area contributed by atoms with E-state index in [1.807, 2.05) is 6.07 Å². The molecule has 2 heterocycles. The summed E-state index contributed by atoms with van der Waals surface area (Å²) in [5.41, 5.74) is 0. The average molecular weight is 205 g/mol. The lowest BCUT2D eigenvalue weighted by Crippen LogP contribution is -2.38. The van der Waals surface area contributed by atoms with Gasteiger partial charge in [-0.2, -0.15) is 0 Å². The number of rotatable bonds is 2. The van der Waals surface area contributed by atoms with Crippen LogP contribution in [0.25, 0.3) is 0 Å². The molecule has 0 amide bonds. The molecule has 4 heteroatoms. The Balaban J connectivity index is 2.08. The van der Waals surface area contributed by atoms with Gasteiger partial charge < -0.3 is 4.90 Å². The molecule has 15 heavy (non-hydrogen) atoms. The fraction of sp³-hybridized carbons (Fsp3) is 0.545. The van der Waals surface area contributed by atoms with Gasteiger partial charge in [0.25, 0.3) is 0 Å². The zero-order valence-electron chi connectivity index (χ0n) is 8.89. The number of nitrogens with zero attached hydrogens (tertiary/aromatic N) is 3. The largest absolute Gasteiger partial charge is 0.356 e. The molecule has 4 nitrogen and oxygen atoms in total. The molecule has 1 unspecified atom stereocenters. The van der Waals surface area contributed by atoms with E-state index < -0.39 is 0 Å². The molecule has 1 aromatic heterocycles. The molecule has 2 rings (SSSR count). The lowest BCUT2D eigenvalue weighted by Gasteiger charge is -2.32. The summed E-state index contributed by atoms with van der Waals surface area (Å²) in [6, 6.07) is 1.89. The average Bonchev–Trinajstić information content (AvgIpc) is 2.30. The number of piperidine rings is 1. The summed E-state index contributed by atoms with van der Waals surface area (Å²) in [6.07, 6.45) is 5.36. The van der Waals surface area contributed by atoms with E-state index in [1.54, 1.807) is 19.4 Å². The van der Waals surface area contributed by atoms with Crippen molar-refractivity contribution in [3.05, 3.63) is 18.6 Å². The maximum absolute atomic E-state index is 11.3. The van der Waals surface area contributed by atoms with Crippen molar-refractivity contribution in [2.24, 2.45) is 5.92 Å². The van der Waals surface area contributed by atoms with Crippen LogP contribution in [-0.2, 0) is 4.79 Å². The molecule has 1 saturated heterocycles. The zero-order chi connectivity index (χ0) is 10.7. The Labute approximate surface area is 89.3 Å². The summed E-state index contributed by atoms with van der Waals surface area (Å²) < 4.78 is 0. The van der Waals surface area contributed by atoms with Crippen molar-refractivity contribution in [3.8, 4) is 0 Å². The van der Waals surface area contributed by atoms with E-state index >= 15 is 0 Å². The van der Waals surface area contributed by atoms with Gasteiger partial charge in [0, 0.05) is 25.2 Å². The van der Waals surface area contributed by atoms with Gasteiger partial charge in [0.15, 0.2) is 0 Å². The van der Waals surface area contributed by atoms with Crippen LogP contribution in [0.3, 0.4) is 0 Å². The third-order valence-electron chi connectivity index (χ3n) is 2.89. The van der Waals surface area contributed by atoms with Crippen LogP contribution in [0.15, 0.2) is 18.6 Å². The lowest BCUT2D eigenvalue weighted by atomic mass is 9.95. The maximum atomic E-state index is 11.3. The van der Waals surface area contributed by atoms with Crippen molar-refractivity contribution in [1.82, 2.24) is 9.97 Å². The van der Waals surface area contributed by atoms with Gasteiger partial charge >= 0.3 is 0 Å². The Morgan fingerprint density at radius 1 is 1.60 bits per heavy atom. The first-order chi connectivity index (χ1) is 7.27. The van der Waals surface area contributed by atoms with Crippen molar-refractivity contribution in [1.29, 1.82) is 0 Å². The van der Waals surface area contributed by atoms with Crippen LogP contribution in [0.5, 0.6) is 0 Å². The SMILES string of the molecule is CC(=O)C1CCCN(c2ccncn2)C1. The molecule has 1 aromatic rings. The van der Waals surface area contributed by atoms with Gasteiger partial charge in [-0.1, -0.05) is 0 Å². The summed E-state index contributed by atoms with van der Waals surface area (Å²) in [7, 11) is 0. The molecule has 1 aliphatic rings. The van der Waals surface area contributed by atoms with E-state index in [0.717, 1.165) is 31.7 Å². The third kappa shape index (κ3) is 2.32. The molecular formula is C11H15N3O. The monoisotopic (exact) mass is 205 g/mol. The first-order valence-electron chi connectivity index (χ1n) is 5.29. The van der Waals surface area contributed by atoms with Crippen LogP contribution in [0, 0.1) is 5.92 Å². The summed E-state index contributed by atoms with van der Waals surface area (Å²) >= 11 is 0. The van der Waals surface area contributed by atoms with Gasteiger partial charge in [-0.25, -0.2) is 9.97 Å². The van der Waals surface area contributed by atoms with Crippen LogP contribution in [0.4, 0.5) is 5.82 Å². The van der Waals surface area contributed by atoms with E-state index in [2.05, 4.69) is 14.9 Å². The normalized spacial score (nSPS) is 21.4. The molecule has 0 aliphatic carbocycles. The molecule has 0 bridgehead atoms. The summed E-state index contributed by atoms with van der Waals surface area (Å²) in [5.74, 6) is 1.39. The molecule has 0 spiro atoms. The van der Waals surface area contributed by atoms with Crippen LogP contribution < -0.4 is 4.90 Å². The highest BCUT2D eigenvalue weighted by Gasteiger charge is 2.23. The highest BCUT2D eigenvalue weighted by atomic mass is 16.1. The lowest BCUT2D eigenvalue weighted by molar-refractivity contribution is -0.120. The number of Topliss-reactive ketones (excluding diaryl/α,β-unsaturated/α-hetero) is 1. The van der Waals surface area contributed by atoms with Crippen molar-refractivity contribution in [3.63, 3.8) is 0 Å². The molecule has 1 aliphatic heterocycles. The van der Waals surface area contributed by atoms with E-state index in [9.17, 15) is 4.79 Å². The van der Waals surface area contributed by atoms with Gasteiger partial charge in [-0.15, -0.1) is 0 Å². The zero-order valence-corrected chi connectivity index (χ0v) is 8.89. The van der Waals surface area contributed by atoms with Crippen molar-refractivity contribution >= 4 is 11.6 Å². The van der Waals surface area contributed by atoms with Crippen molar-refractivity contribution in [2.75, 3.05) is 18.0 Å². The molecule has 1 fully saturated rings. The number of carbonyl (C=O) groups is 1. The molecule has 1 atom stereocenters. The second-order valence-electron chi connectivity index (χ2n) is 3.96. The topological polar surface area (TPSA) is 46.1 Å². The van der Waals surface area contributed by atoms with E-state index in [4.69, 9.17) is 0 Å². The number of carbonyl (C=O) groups excluding carboxylic acids is 1. The molecule has 0 radical (unpaired) electrons. The number of ketones is 1. The fourth-order valence-corrected chi connectivity index (χ4v) is 1.99. The standard InChI is InChI=1S/C11H15N3O/c1-9(15)10-3-2-6-14(7-10)11-4-5-12-8-13-11/h4-5,8,10H,2-3,6-7H2,1H3. The van der Waals surface area contributed by atoms with E-state index in [0.29, 0.717) is 0 Å². The number of hydrogen-bond donors (Lipinski definition) is 0.